The molecule has 0 aliphatic carbocycles. The number of benzene rings is 6. The lowest BCUT2D eigenvalue weighted by Gasteiger charge is -2.08. The van der Waals surface area contributed by atoms with Gasteiger partial charge in [0.05, 0.1) is 5.56 Å². The molecular formula is C39H23N3O2. The number of rotatable bonds is 4. The predicted molar refractivity (Wildman–Crippen MR) is 176 cm³/mol. The molecule has 0 amide bonds. The summed E-state index contributed by atoms with van der Waals surface area (Å²) in [6.07, 6.45) is 0. The van der Waals surface area contributed by atoms with Crippen molar-refractivity contribution in [1.29, 1.82) is 0 Å². The van der Waals surface area contributed by atoms with Crippen molar-refractivity contribution in [3.8, 4) is 45.3 Å². The van der Waals surface area contributed by atoms with Gasteiger partial charge in [0.2, 0.25) is 0 Å². The Labute approximate surface area is 252 Å². The molecule has 0 N–H and O–H groups in total. The quantitative estimate of drug-likeness (QED) is 0.212. The zero-order valence-corrected chi connectivity index (χ0v) is 23.4. The average Bonchev–Trinajstić information content (AvgIpc) is 3.66. The number of nitrogens with zero attached hydrogens (tertiary/aromatic N) is 3. The van der Waals surface area contributed by atoms with E-state index in [0.29, 0.717) is 17.5 Å². The summed E-state index contributed by atoms with van der Waals surface area (Å²) in [5, 5.41) is 4.21. The van der Waals surface area contributed by atoms with Crippen molar-refractivity contribution in [2.24, 2.45) is 0 Å². The van der Waals surface area contributed by atoms with Crippen molar-refractivity contribution in [2.45, 2.75) is 0 Å². The summed E-state index contributed by atoms with van der Waals surface area (Å²) in [6.45, 7) is 0. The second-order valence-corrected chi connectivity index (χ2v) is 10.8. The Morgan fingerprint density at radius 1 is 0.341 bits per heavy atom. The molecule has 0 saturated heterocycles. The highest BCUT2D eigenvalue weighted by Gasteiger charge is 2.19. The largest absolute Gasteiger partial charge is 0.456 e. The molecule has 0 aliphatic rings. The fourth-order valence-corrected chi connectivity index (χ4v) is 5.99. The van der Waals surface area contributed by atoms with Gasteiger partial charge >= 0.3 is 0 Å². The van der Waals surface area contributed by atoms with E-state index in [0.717, 1.165) is 71.7 Å². The van der Waals surface area contributed by atoms with Crippen LogP contribution in [0.1, 0.15) is 0 Å². The molecule has 0 fully saturated rings. The van der Waals surface area contributed by atoms with E-state index in [1.54, 1.807) is 0 Å². The third kappa shape index (κ3) is 3.98. The van der Waals surface area contributed by atoms with Crippen LogP contribution in [0.3, 0.4) is 0 Å². The van der Waals surface area contributed by atoms with E-state index in [9.17, 15) is 0 Å². The van der Waals surface area contributed by atoms with Crippen molar-refractivity contribution >= 4 is 43.9 Å². The highest BCUT2D eigenvalue weighted by Crippen LogP contribution is 2.38. The van der Waals surface area contributed by atoms with Crippen LogP contribution >= 0.6 is 0 Å². The van der Waals surface area contributed by atoms with Crippen LogP contribution in [0.2, 0.25) is 0 Å². The molecule has 3 heterocycles. The smallest absolute Gasteiger partial charge is 0.167 e. The van der Waals surface area contributed by atoms with Crippen molar-refractivity contribution in [3.63, 3.8) is 0 Å². The third-order valence-electron chi connectivity index (χ3n) is 8.15. The van der Waals surface area contributed by atoms with Gasteiger partial charge in [-0.05, 0) is 47.5 Å². The predicted octanol–water partition coefficient (Wildman–Crippen LogP) is 10.3. The van der Waals surface area contributed by atoms with Crippen LogP contribution < -0.4 is 0 Å². The van der Waals surface area contributed by atoms with E-state index in [-0.39, 0.29) is 0 Å². The summed E-state index contributed by atoms with van der Waals surface area (Å²) in [4.78, 5) is 14.9. The topological polar surface area (TPSA) is 65.0 Å². The summed E-state index contributed by atoms with van der Waals surface area (Å²) in [5.41, 5.74) is 8.03. The Morgan fingerprint density at radius 3 is 1.73 bits per heavy atom. The van der Waals surface area contributed by atoms with Gasteiger partial charge in [-0.25, -0.2) is 15.0 Å². The Balaban J connectivity index is 1.24. The number of hydrogen-bond acceptors (Lipinski definition) is 5. The molecule has 0 spiro atoms. The van der Waals surface area contributed by atoms with Crippen LogP contribution in [-0.4, -0.2) is 15.0 Å². The lowest BCUT2D eigenvalue weighted by molar-refractivity contribution is 0.668. The number of aromatic nitrogens is 3. The average molecular weight is 566 g/mol. The Kier molecular flexibility index (Phi) is 5.43. The molecule has 0 radical (unpaired) electrons. The summed E-state index contributed by atoms with van der Waals surface area (Å²) in [7, 11) is 0. The Bertz CT molecular complexity index is 2500. The molecule has 9 rings (SSSR count). The van der Waals surface area contributed by atoms with Crippen LogP contribution in [0.4, 0.5) is 0 Å². The first-order valence-electron chi connectivity index (χ1n) is 14.5. The molecular weight excluding hydrogens is 542 g/mol. The monoisotopic (exact) mass is 565 g/mol. The molecule has 206 valence electrons. The molecule has 0 saturated carbocycles. The minimum absolute atomic E-state index is 0.548. The molecule has 5 heteroatoms. The minimum Gasteiger partial charge on any atom is -0.456 e. The Morgan fingerprint density at radius 2 is 0.909 bits per heavy atom. The van der Waals surface area contributed by atoms with Crippen molar-refractivity contribution in [3.05, 3.63) is 140 Å². The van der Waals surface area contributed by atoms with E-state index in [1.165, 1.54) is 0 Å². The first kappa shape index (κ1) is 24.5. The zero-order valence-electron chi connectivity index (χ0n) is 23.4. The molecule has 5 nitrogen and oxygen atoms in total. The van der Waals surface area contributed by atoms with Crippen LogP contribution in [0.25, 0.3) is 89.2 Å². The van der Waals surface area contributed by atoms with Gasteiger partial charge in [-0.1, -0.05) is 103 Å². The maximum atomic E-state index is 6.57. The van der Waals surface area contributed by atoms with Crippen LogP contribution in [0.5, 0.6) is 0 Å². The number of para-hydroxylation sites is 2. The van der Waals surface area contributed by atoms with E-state index >= 15 is 0 Å². The highest BCUT2D eigenvalue weighted by molar-refractivity contribution is 6.10. The minimum atomic E-state index is 0.548. The van der Waals surface area contributed by atoms with Crippen LogP contribution in [0, 0.1) is 0 Å². The van der Waals surface area contributed by atoms with Gasteiger partial charge in [0.1, 0.15) is 22.3 Å². The van der Waals surface area contributed by atoms with Gasteiger partial charge in [0.15, 0.2) is 17.5 Å². The molecule has 44 heavy (non-hydrogen) atoms. The number of fused-ring (bicyclic) bond motifs is 6. The van der Waals surface area contributed by atoms with Gasteiger partial charge in [0.25, 0.3) is 0 Å². The summed E-state index contributed by atoms with van der Waals surface area (Å²) in [5.74, 6) is 1.71. The maximum Gasteiger partial charge on any atom is 0.167 e. The van der Waals surface area contributed by atoms with E-state index in [1.807, 2.05) is 91.0 Å². The first-order valence-corrected chi connectivity index (χ1v) is 14.5. The van der Waals surface area contributed by atoms with E-state index in [2.05, 4.69) is 48.5 Å². The summed E-state index contributed by atoms with van der Waals surface area (Å²) in [6, 6.07) is 47.0. The third-order valence-corrected chi connectivity index (χ3v) is 8.15. The molecule has 0 atom stereocenters. The number of hydrogen-bond donors (Lipinski definition) is 0. The maximum absolute atomic E-state index is 6.57. The van der Waals surface area contributed by atoms with Crippen molar-refractivity contribution in [2.75, 3.05) is 0 Å². The van der Waals surface area contributed by atoms with E-state index < -0.39 is 0 Å². The fraction of sp³-hybridized carbons (Fsp3) is 0. The molecule has 0 unspecified atom stereocenters. The zero-order chi connectivity index (χ0) is 29.0. The van der Waals surface area contributed by atoms with Crippen molar-refractivity contribution in [1.82, 2.24) is 15.0 Å². The summed E-state index contributed by atoms with van der Waals surface area (Å²) >= 11 is 0. The molecule has 3 aromatic heterocycles. The van der Waals surface area contributed by atoms with Crippen molar-refractivity contribution < 1.29 is 8.83 Å². The number of furan rings is 2. The van der Waals surface area contributed by atoms with Crippen LogP contribution in [-0.2, 0) is 0 Å². The fourth-order valence-electron chi connectivity index (χ4n) is 5.99. The lowest BCUT2D eigenvalue weighted by Crippen LogP contribution is -2.00. The van der Waals surface area contributed by atoms with Gasteiger partial charge in [-0.3, -0.25) is 0 Å². The lowest BCUT2D eigenvalue weighted by atomic mass is 10.0. The van der Waals surface area contributed by atoms with Gasteiger partial charge in [-0.2, -0.15) is 0 Å². The van der Waals surface area contributed by atoms with Gasteiger partial charge in [-0.15, -0.1) is 0 Å². The molecule has 6 aromatic carbocycles. The molecule has 0 bridgehead atoms. The highest BCUT2D eigenvalue weighted by atomic mass is 16.3. The Hall–Kier alpha value is -6.07. The summed E-state index contributed by atoms with van der Waals surface area (Å²) < 4.78 is 12.8. The van der Waals surface area contributed by atoms with Gasteiger partial charge in [0, 0.05) is 32.7 Å². The van der Waals surface area contributed by atoms with E-state index in [4.69, 9.17) is 23.8 Å². The normalized spacial score (nSPS) is 11.6. The molecule has 0 aliphatic heterocycles. The molecule has 9 aromatic rings. The van der Waals surface area contributed by atoms with Gasteiger partial charge < -0.3 is 8.83 Å². The SMILES string of the molecule is c1ccc(-c2ccc3c(c2)oc2c(-c4nc(-c5ccccc5)nc(-c5ccc6c(c5)oc5ccccc56)n4)cccc23)cc1. The first-order chi connectivity index (χ1) is 21.8. The van der Waals surface area contributed by atoms with Crippen LogP contribution in [0.15, 0.2) is 148 Å². The standard InChI is InChI=1S/C39H23N3O2/c1-3-10-24(11-4-1)26-18-20-30-31-15-9-16-32(36(31)44-35(30)22-26)39-41-37(25-12-5-2-6-13-25)40-38(42-39)27-19-21-29-28-14-7-8-17-33(28)43-34(29)23-27/h1-23H. The second-order valence-electron chi connectivity index (χ2n) is 10.8. The second kappa shape index (κ2) is 9.75.